The van der Waals surface area contributed by atoms with E-state index in [-0.39, 0.29) is 12.0 Å². The normalized spacial score (nSPS) is 19.4. The number of nitrogens with two attached hydrogens (primary N) is 1. The van der Waals surface area contributed by atoms with E-state index < -0.39 is 5.60 Å². The summed E-state index contributed by atoms with van der Waals surface area (Å²) in [5.41, 5.74) is 4.65. The van der Waals surface area contributed by atoms with Crippen molar-refractivity contribution < 1.29 is 14.3 Å². The second-order valence-corrected chi connectivity index (χ2v) is 6.71. The molecule has 21 heavy (non-hydrogen) atoms. The third kappa shape index (κ3) is 7.90. The van der Waals surface area contributed by atoms with Gasteiger partial charge in [0.15, 0.2) is 0 Å². The summed E-state index contributed by atoms with van der Waals surface area (Å²) < 4.78 is 5.41. The Morgan fingerprint density at radius 1 is 1.38 bits per heavy atom. The first kappa shape index (κ1) is 17.8. The number of nitrogens with one attached hydrogen (secondary N) is 1. The van der Waals surface area contributed by atoms with E-state index in [9.17, 15) is 9.59 Å². The molecule has 2 amide bonds. The highest BCUT2D eigenvalue weighted by atomic mass is 16.6. The van der Waals surface area contributed by atoms with Crippen molar-refractivity contribution in [1.29, 1.82) is 0 Å². The Labute approximate surface area is 127 Å². The largest absolute Gasteiger partial charge is 0.444 e. The van der Waals surface area contributed by atoms with E-state index in [0.29, 0.717) is 12.3 Å². The van der Waals surface area contributed by atoms with Crippen LogP contribution in [-0.2, 0) is 9.53 Å². The molecule has 1 heterocycles. The maximum absolute atomic E-state index is 12.0. The second kappa shape index (κ2) is 8.22. The maximum atomic E-state index is 12.0. The predicted molar refractivity (Wildman–Crippen MR) is 81.8 cm³/mol. The van der Waals surface area contributed by atoms with Crippen LogP contribution in [0.5, 0.6) is 0 Å². The lowest BCUT2D eigenvalue weighted by Crippen LogP contribution is -2.45. The lowest BCUT2D eigenvalue weighted by molar-refractivity contribution is -0.118. The molecule has 0 aromatic rings. The van der Waals surface area contributed by atoms with Gasteiger partial charge in [-0.2, -0.15) is 0 Å². The van der Waals surface area contributed by atoms with Crippen molar-refractivity contribution in [3.05, 3.63) is 0 Å². The zero-order valence-electron chi connectivity index (χ0n) is 13.5. The first-order valence-corrected chi connectivity index (χ1v) is 7.75. The smallest absolute Gasteiger partial charge is 0.410 e. The second-order valence-electron chi connectivity index (χ2n) is 6.71. The molecule has 6 nitrogen and oxygen atoms in total. The summed E-state index contributed by atoms with van der Waals surface area (Å²) in [6, 6.07) is 0. The number of amides is 2. The molecule has 1 rings (SSSR count). The number of carbonyl (C=O) groups excluding carboxylic acids is 2. The molecular weight excluding hydrogens is 270 g/mol. The number of rotatable bonds is 6. The van der Waals surface area contributed by atoms with Crippen molar-refractivity contribution >= 4 is 12.0 Å². The minimum atomic E-state index is -0.447. The van der Waals surface area contributed by atoms with Crippen LogP contribution in [0.2, 0.25) is 0 Å². The van der Waals surface area contributed by atoms with E-state index in [1.807, 2.05) is 20.8 Å². The van der Waals surface area contributed by atoms with Gasteiger partial charge in [-0.3, -0.25) is 4.79 Å². The summed E-state index contributed by atoms with van der Waals surface area (Å²) in [6.45, 7) is 8.79. The number of piperidine rings is 1. The fraction of sp³-hybridized carbons (Fsp3) is 0.867. The summed E-state index contributed by atoms with van der Waals surface area (Å²) in [5.74, 6) is 0.186. The molecule has 0 radical (unpaired) electrons. The van der Waals surface area contributed by atoms with Gasteiger partial charge in [0.1, 0.15) is 5.60 Å². The predicted octanol–water partition coefficient (Wildman–Crippen LogP) is 1.49. The molecule has 1 fully saturated rings. The Balaban J connectivity index is 2.25. The molecule has 0 aromatic heterocycles. The Morgan fingerprint density at radius 2 is 2.10 bits per heavy atom. The third-order valence-electron chi connectivity index (χ3n) is 3.38. The van der Waals surface area contributed by atoms with Crippen molar-refractivity contribution in [3.63, 3.8) is 0 Å². The molecule has 1 aliphatic rings. The van der Waals surface area contributed by atoms with Gasteiger partial charge >= 0.3 is 6.09 Å². The van der Waals surface area contributed by atoms with Gasteiger partial charge in [-0.05, 0) is 59.0 Å². The minimum absolute atomic E-state index is 0.221. The number of nitrogens with zero attached hydrogens (tertiary/aromatic N) is 1. The van der Waals surface area contributed by atoms with Crippen LogP contribution in [0.4, 0.5) is 4.79 Å². The SMILES string of the molecule is CC(C)(C)OC(=O)N1CCCC(CNCCCC(N)=O)C1. The van der Waals surface area contributed by atoms with Crippen LogP contribution >= 0.6 is 0 Å². The average Bonchev–Trinajstić information content (AvgIpc) is 2.36. The molecule has 6 heteroatoms. The lowest BCUT2D eigenvalue weighted by Gasteiger charge is -2.34. The summed E-state index contributed by atoms with van der Waals surface area (Å²) in [4.78, 5) is 24.5. The molecule has 1 saturated heterocycles. The average molecular weight is 299 g/mol. The number of ether oxygens (including phenoxy) is 1. The molecule has 1 aliphatic heterocycles. The lowest BCUT2D eigenvalue weighted by atomic mass is 9.98. The first-order chi connectivity index (χ1) is 9.78. The molecule has 0 saturated carbocycles. The van der Waals surface area contributed by atoms with Crippen LogP contribution in [0.15, 0.2) is 0 Å². The van der Waals surface area contributed by atoms with E-state index in [1.54, 1.807) is 4.90 Å². The van der Waals surface area contributed by atoms with Gasteiger partial charge in [0.25, 0.3) is 0 Å². The third-order valence-corrected chi connectivity index (χ3v) is 3.38. The summed E-state index contributed by atoms with van der Waals surface area (Å²) in [5, 5.41) is 3.33. The number of primary amides is 1. The summed E-state index contributed by atoms with van der Waals surface area (Å²) >= 11 is 0. The van der Waals surface area contributed by atoms with Gasteiger partial charge in [-0.25, -0.2) is 4.79 Å². The Morgan fingerprint density at radius 3 is 2.71 bits per heavy atom. The highest BCUT2D eigenvalue weighted by Crippen LogP contribution is 2.18. The van der Waals surface area contributed by atoms with Gasteiger partial charge in [-0.15, -0.1) is 0 Å². The fourth-order valence-electron chi connectivity index (χ4n) is 2.42. The Hall–Kier alpha value is -1.30. The topological polar surface area (TPSA) is 84.7 Å². The van der Waals surface area contributed by atoms with E-state index >= 15 is 0 Å². The van der Waals surface area contributed by atoms with Crippen LogP contribution < -0.4 is 11.1 Å². The minimum Gasteiger partial charge on any atom is -0.444 e. The van der Waals surface area contributed by atoms with Gasteiger partial charge < -0.3 is 20.7 Å². The van der Waals surface area contributed by atoms with E-state index in [2.05, 4.69) is 5.32 Å². The molecule has 0 aliphatic carbocycles. The molecule has 122 valence electrons. The van der Waals surface area contributed by atoms with Gasteiger partial charge in [0, 0.05) is 19.5 Å². The zero-order valence-corrected chi connectivity index (χ0v) is 13.5. The number of hydrogen-bond acceptors (Lipinski definition) is 4. The van der Waals surface area contributed by atoms with E-state index in [1.165, 1.54) is 0 Å². The van der Waals surface area contributed by atoms with Gasteiger partial charge in [0.2, 0.25) is 5.91 Å². The van der Waals surface area contributed by atoms with Crippen molar-refractivity contribution in [3.8, 4) is 0 Å². The fourth-order valence-corrected chi connectivity index (χ4v) is 2.42. The molecule has 1 unspecified atom stereocenters. The van der Waals surface area contributed by atoms with Crippen LogP contribution in [-0.4, -0.2) is 48.7 Å². The standard InChI is InChI=1S/C15H29N3O3/c1-15(2,3)21-14(20)18-9-5-6-12(11-18)10-17-8-4-7-13(16)19/h12,17H,4-11H2,1-3H3,(H2,16,19). The summed E-state index contributed by atoms with van der Waals surface area (Å²) in [6.07, 6.45) is 3.08. The Bertz CT molecular complexity index is 353. The van der Waals surface area contributed by atoms with Crippen LogP contribution in [0.25, 0.3) is 0 Å². The zero-order chi connectivity index (χ0) is 15.9. The van der Waals surface area contributed by atoms with Crippen LogP contribution in [0.1, 0.15) is 46.5 Å². The maximum Gasteiger partial charge on any atom is 0.410 e. The quantitative estimate of drug-likeness (QED) is 0.728. The highest BCUT2D eigenvalue weighted by molar-refractivity contribution is 5.73. The van der Waals surface area contributed by atoms with Crippen molar-refractivity contribution in [2.24, 2.45) is 11.7 Å². The van der Waals surface area contributed by atoms with Crippen molar-refractivity contribution in [1.82, 2.24) is 10.2 Å². The number of carbonyl (C=O) groups is 2. The molecule has 3 N–H and O–H groups in total. The van der Waals surface area contributed by atoms with Gasteiger partial charge in [-0.1, -0.05) is 0 Å². The number of hydrogen-bond donors (Lipinski definition) is 2. The summed E-state index contributed by atoms with van der Waals surface area (Å²) in [7, 11) is 0. The highest BCUT2D eigenvalue weighted by Gasteiger charge is 2.27. The molecule has 0 aromatic carbocycles. The van der Waals surface area contributed by atoms with Gasteiger partial charge in [0.05, 0.1) is 0 Å². The van der Waals surface area contributed by atoms with E-state index in [4.69, 9.17) is 10.5 Å². The van der Waals surface area contributed by atoms with Crippen molar-refractivity contribution in [2.75, 3.05) is 26.2 Å². The Kier molecular flexibility index (Phi) is 6.95. The molecule has 0 spiro atoms. The van der Waals surface area contributed by atoms with Crippen LogP contribution in [0, 0.1) is 5.92 Å². The van der Waals surface area contributed by atoms with Crippen LogP contribution in [0.3, 0.4) is 0 Å². The monoisotopic (exact) mass is 299 g/mol. The van der Waals surface area contributed by atoms with E-state index in [0.717, 1.165) is 45.4 Å². The first-order valence-electron chi connectivity index (χ1n) is 7.75. The molecule has 0 bridgehead atoms. The van der Waals surface area contributed by atoms with Crippen molar-refractivity contribution in [2.45, 2.75) is 52.1 Å². The molecular formula is C15H29N3O3. The number of likely N-dealkylation sites (tertiary alicyclic amines) is 1. The molecule has 1 atom stereocenters.